The van der Waals surface area contributed by atoms with Crippen LogP contribution in [0.5, 0.6) is 0 Å². The molecule has 0 atom stereocenters. The average molecular weight is 231 g/mol. The van der Waals surface area contributed by atoms with E-state index in [0.717, 1.165) is 23.4 Å². The highest BCUT2D eigenvalue weighted by atomic mass is 16.1. The van der Waals surface area contributed by atoms with Crippen molar-refractivity contribution in [2.75, 3.05) is 5.73 Å². The SMILES string of the molecule is CCc1c(N)c(=O)n(-c2ccccc2C)n1C. The largest absolute Gasteiger partial charge is 0.393 e. The second-order valence-corrected chi connectivity index (χ2v) is 4.14. The number of anilines is 1. The summed E-state index contributed by atoms with van der Waals surface area (Å²) in [6.07, 6.45) is 0.746. The molecule has 90 valence electrons. The summed E-state index contributed by atoms with van der Waals surface area (Å²) in [6.45, 7) is 3.98. The lowest BCUT2D eigenvalue weighted by Crippen LogP contribution is -2.21. The molecule has 1 aromatic carbocycles. The molecule has 0 amide bonds. The fraction of sp³-hybridized carbons (Fsp3) is 0.308. The van der Waals surface area contributed by atoms with Crippen molar-refractivity contribution < 1.29 is 0 Å². The number of hydrogen-bond acceptors (Lipinski definition) is 2. The Morgan fingerprint density at radius 3 is 2.47 bits per heavy atom. The van der Waals surface area contributed by atoms with Gasteiger partial charge in [-0.3, -0.25) is 9.48 Å². The van der Waals surface area contributed by atoms with Gasteiger partial charge in [0, 0.05) is 7.05 Å². The number of nitrogen functional groups attached to an aromatic ring is 1. The molecule has 0 aliphatic rings. The molecule has 0 unspecified atom stereocenters. The van der Waals surface area contributed by atoms with Crippen molar-refractivity contribution in [2.24, 2.45) is 7.05 Å². The molecule has 17 heavy (non-hydrogen) atoms. The summed E-state index contributed by atoms with van der Waals surface area (Å²) in [5.41, 5.74) is 8.86. The Kier molecular flexibility index (Phi) is 2.79. The molecule has 2 aromatic rings. The molecule has 4 nitrogen and oxygen atoms in total. The van der Waals surface area contributed by atoms with Crippen LogP contribution in [0.4, 0.5) is 5.69 Å². The molecule has 4 heteroatoms. The first-order valence-corrected chi connectivity index (χ1v) is 5.70. The fourth-order valence-corrected chi connectivity index (χ4v) is 2.16. The minimum Gasteiger partial charge on any atom is -0.393 e. The van der Waals surface area contributed by atoms with Crippen molar-refractivity contribution in [3.8, 4) is 5.69 Å². The molecule has 2 N–H and O–H groups in total. The van der Waals surface area contributed by atoms with Crippen LogP contribution in [-0.2, 0) is 13.5 Å². The van der Waals surface area contributed by atoms with Gasteiger partial charge < -0.3 is 5.73 Å². The van der Waals surface area contributed by atoms with Crippen LogP contribution in [0.3, 0.4) is 0 Å². The molecule has 2 rings (SSSR count). The maximum absolute atomic E-state index is 12.1. The number of nitrogens with two attached hydrogens (primary N) is 1. The number of benzene rings is 1. The molecule has 0 saturated heterocycles. The van der Waals surface area contributed by atoms with Crippen molar-refractivity contribution in [1.29, 1.82) is 0 Å². The third-order valence-electron chi connectivity index (χ3n) is 3.10. The Morgan fingerprint density at radius 2 is 1.94 bits per heavy atom. The predicted molar refractivity (Wildman–Crippen MR) is 69.5 cm³/mol. The molecule has 0 aliphatic heterocycles. The van der Waals surface area contributed by atoms with Gasteiger partial charge in [0.05, 0.1) is 11.4 Å². The highest BCUT2D eigenvalue weighted by molar-refractivity contribution is 5.47. The second-order valence-electron chi connectivity index (χ2n) is 4.14. The fourth-order valence-electron chi connectivity index (χ4n) is 2.16. The van der Waals surface area contributed by atoms with E-state index in [1.807, 2.05) is 49.8 Å². The van der Waals surface area contributed by atoms with Crippen molar-refractivity contribution in [1.82, 2.24) is 9.36 Å². The smallest absolute Gasteiger partial charge is 0.294 e. The summed E-state index contributed by atoms with van der Waals surface area (Å²) >= 11 is 0. The monoisotopic (exact) mass is 231 g/mol. The molecule has 1 heterocycles. The summed E-state index contributed by atoms with van der Waals surface area (Å²) in [6, 6.07) is 7.78. The van der Waals surface area contributed by atoms with E-state index in [1.54, 1.807) is 4.68 Å². The van der Waals surface area contributed by atoms with Gasteiger partial charge in [-0.2, -0.15) is 0 Å². The first kappa shape index (κ1) is 11.5. The average Bonchev–Trinajstić information content (AvgIpc) is 2.52. The van der Waals surface area contributed by atoms with E-state index in [1.165, 1.54) is 0 Å². The molecule has 0 saturated carbocycles. The Morgan fingerprint density at radius 1 is 1.29 bits per heavy atom. The van der Waals surface area contributed by atoms with Gasteiger partial charge in [0.2, 0.25) is 0 Å². The molecular weight excluding hydrogens is 214 g/mol. The van der Waals surface area contributed by atoms with Crippen molar-refractivity contribution in [2.45, 2.75) is 20.3 Å². The van der Waals surface area contributed by atoms with Gasteiger partial charge >= 0.3 is 0 Å². The topological polar surface area (TPSA) is 53.0 Å². The number of nitrogens with zero attached hydrogens (tertiary/aromatic N) is 2. The van der Waals surface area contributed by atoms with E-state index < -0.39 is 0 Å². The zero-order chi connectivity index (χ0) is 12.6. The molecule has 1 aromatic heterocycles. The van der Waals surface area contributed by atoms with Crippen LogP contribution < -0.4 is 11.3 Å². The number of rotatable bonds is 2. The standard InChI is InChI=1S/C13H17N3O/c1-4-10-12(14)13(17)16(15(10)3)11-8-6-5-7-9(11)2/h5-8H,4,14H2,1-3H3. The lowest BCUT2D eigenvalue weighted by atomic mass is 10.2. The maximum Gasteiger partial charge on any atom is 0.294 e. The number of aryl methyl sites for hydroxylation is 1. The highest BCUT2D eigenvalue weighted by Gasteiger charge is 2.15. The van der Waals surface area contributed by atoms with Crippen LogP contribution in [-0.4, -0.2) is 9.36 Å². The molecule has 0 aliphatic carbocycles. The second kappa shape index (κ2) is 4.13. The molecule has 0 bridgehead atoms. The number of aromatic nitrogens is 2. The number of para-hydroxylation sites is 1. The van der Waals surface area contributed by atoms with Crippen molar-refractivity contribution >= 4 is 5.69 Å². The Balaban J connectivity index is 2.78. The van der Waals surface area contributed by atoms with Gasteiger partial charge in [-0.1, -0.05) is 25.1 Å². The molecule has 0 fully saturated rings. The Bertz CT molecular complexity index is 608. The Hall–Kier alpha value is -1.97. The summed E-state index contributed by atoms with van der Waals surface area (Å²) < 4.78 is 3.46. The van der Waals surface area contributed by atoms with Gasteiger partial charge in [0.25, 0.3) is 5.56 Å². The van der Waals surface area contributed by atoms with Gasteiger partial charge in [-0.25, -0.2) is 4.68 Å². The van der Waals surface area contributed by atoms with Crippen LogP contribution in [0.25, 0.3) is 5.69 Å². The maximum atomic E-state index is 12.1. The van der Waals surface area contributed by atoms with Crippen LogP contribution >= 0.6 is 0 Å². The zero-order valence-corrected chi connectivity index (χ0v) is 10.4. The number of hydrogen-bond donors (Lipinski definition) is 1. The van der Waals surface area contributed by atoms with Crippen molar-refractivity contribution in [3.63, 3.8) is 0 Å². The molecule has 0 spiro atoms. The first-order chi connectivity index (χ1) is 8.07. The van der Waals surface area contributed by atoms with E-state index in [9.17, 15) is 4.79 Å². The molecular formula is C13H17N3O. The highest BCUT2D eigenvalue weighted by Crippen LogP contribution is 2.15. The lowest BCUT2D eigenvalue weighted by molar-refractivity contribution is 0.616. The summed E-state index contributed by atoms with van der Waals surface area (Å²) in [5.74, 6) is 0. The van der Waals surface area contributed by atoms with Crippen LogP contribution in [0.1, 0.15) is 18.2 Å². The summed E-state index contributed by atoms with van der Waals surface area (Å²) in [7, 11) is 1.86. The van der Waals surface area contributed by atoms with E-state index >= 15 is 0 Å². The molecule has 0 radical (unpaired) electrons. The van der Waals surface area contributed by atoms with E-state index in [0.29, 0.717) is 5.69 Å². The van der Waals surface area contributed by atoms with Crippen LogP contribution in [0, 0.1) is 6.92 Å². The normalized spacial score (nSPS) is 10.8. The van der Waals surface area contributed by atoms with Gasteiger partial charge in [0.1, 0.15) is 5.69 Å². The van der Waals surface area contributed by atoms with Gasteiger partial charge in [0.15, 0.2) is 0 Å². The van der Waals surface area contributed by atoms with E-state index in [-0.39, 0.29) is 5.56 Å². The van der Waals surface area contributed by atoms with Gasteiger partial charge in [-0.15, -0.1) is 0 Å². The van der Waals surface area contributed by atoms with Crippen LogP contribution in [0.2, 0.25) is 0 Å². The third kappa shape index (κ3) is 1.65. The lowest BCUT2D eigenvalue weighted by Gasteiger charge is -2.11. The van der Waals surface area contributed by atoms with Gasteiger partial charge in [-0.05, 0) is 25.0 Å². The zero-order valence-electron chi connectivity index (χ0n) is 10.4. The predicted octanol–water partition coefficient (Wildman–Crippen LogP) is 1.63. The first-order valence-electron chi connectivity index (χ1n) is 5.70. The summed E-state index contributed by atoms with van der Waals surface area (Å²) in [4.78, 5) is 12.1. The minimum atomic E-state index is -0.140. The van der Waals surface area contributed by atoms with Crippen LogP contribution in [0.15, 0.2) is 29.1 Å². The Labute approximate surface area is 100 Å². The van der Waals surface area contributed by atoms with E-state index in [4.69, 9.17) is 5.73 Å². The third-order valence-corrected chi connectivity index (χ3v) is 3.10. The quantitative estimate of drug-likeness (QED) is 0.854. The van der Waals surface area contributed by atoms with Crippen molar-refractivity contribution in [3.05, 3.63) is 45.9 Å². The summed E-state index contributed by atoms with van der Waals surface area (Å²) in [5, 5.41) is 0. The van der Waals surface area contributed by atoms with E-state index in [2.05, 4.69) is 0 Å². The minimum absolute atomic E-state index is 0.140.